The van der Waals surface area contributed by atoms with Gasteiger partial charge in [0.05, 0.1) is 35.6 Å². The van der Waals surface area contributed by atoms with Crippen molar-refractivity contribution in [3.63, 3.8) is 0 Å². The van der Waals surface area contributed by atoms with Crippen LogP contribution in [0.15, 0.2) is 41.6 Å². The normalized spacial score (nSPS) is 24.5. The van der Waals surface area contributed by atoms with Crippen LogP contribution in [0.25, 0.3) is 0 Å². The van der Waals surface area contributed by atoms with Gasteiger partial charge in [-0.1, -0.05) is 35.5 Å². The van der Waals surface area contributed by atoms with E-state index in [-0.39, 0.29) is 12.2 Å². The van der Waals surface area contributed by atoms with Crippen LogP contribution in [0, 0.1) is 0 Å². The maximum Gasteiger partial charge on any atom is 0.317 e. The second-order valence-corrected chi connectivity index (χ2v) is 12.5. The highest BCUT2D eigenvalue weighted by Gasteiger charge is 2.36. The zero-order chi connectivity index (χ0) is 27.2. The number of hydrogen-bond donors (Lipinski definition) is 1. The van der Waals surface area contributed by atoms with Gasteiger partial charge in [0.15, 0.2) is 17.6 Å². The standard InChI is InChI=1S/C29H31ClN4O5S/c30-18-4-5-21(31-13-18)24-16-38-27-20(2-1-3-23(27)39-24)17-6-9-33(10-7-17)15-26-32-28-22(12-25(40-28)29(35)36)34(26)14-19-8-11-37-19/h1-5,13,17,19,24-25H,6-12,14-16H2,(H,35,36). The van der Waals surface area contributed by atoms with Gasteiger partial charge in [0, 0.05) is 24.8 Å². The molecule has 0 spiro atoms. The Kier molecular flexibility index (Phi) is 7.11. The molecule has 9 nitrogen and oxygen atoms in total. The van der Waals surface area contributed by atoms with Crippen LogP contribution in [-0.4, -0.2) is 68.2 Å². The van der Waals surface area contributed by atoms with Crippen LogP contribution in [0.3, 0.4) is 0 Å². The van der Waals surface area contributed by atoms with Crippen molar-refractivity contribution < 1.29 is 24.1 Å². The molecule has 0 bridgehead atoms. The van der Waals surface area contributed by atoms with Crippen LogP contribution in [0.2, 0.25) is 5.02 Å². The molecular weight excluding hydrogens is 552 g/mol. The molecule has 3 atom stereocenters. The van der Waals surface area contributed by atoms with E-state index in [4.69, 9.17) is 30.8 Å². The first-order chi connectivity index (χ1) is 19.5. The fraction of sp³-hybridized carbons (Fsp3) is 0.483. The molecule has 0 saturated carbocycles. The largest absolute Gasteiger partial charge is 0.485 e. The van der Waals surface area contributed by atoms with Crippen molar-refractivity contribution in [3.8, 4) is 11.5 Å². The number of nitrogens with zero attached hydrogens (tertiary/aromatic N) is 4. The van der Waals surface area contributed by atoms with E-state index in [0.29, 0.717) is 24.0 Å². The lowest BCUT2D eigenvalue weighted by molar-refractivity contribution is -0.136. The fourth-order valence-corrected chi connectivity index (χ4v) is 7.25. The van der Waals surface area contributed by atoms with Gasteiger partial charge in [-0.2, -0.15) is 0 Å². The number of thioether (sulfide) groups is 1. The summed E-state index contributed by atoms with van der Waals surface area (Å²) in [7, 11) is 0. The molecule has 0 amide bonds. The third-order valence-electron chi connectivity index (χ3n) is 8.33. The maximum absolute atomic E-state index is 11.6. The van der Waals surface area contributed by atoms with E-state index >= 15 is 0 Å². The first kappa shape index (κ1) is 26.1. The molecule has 6 heterocycles. The molecule has 4 aliphatic heterocycles. The number of aromatic nitrogens is 3. The van der Waals surface area contributed by atoms with Crippen molar-refractivity contribution >= 4 is 29.3 Å². The van der Waals surface area contributed by atoms with Crippen LogP contribution in [-0.2, 0) is 29.0 Å². The van der Waals surface area contributed by atoms with E-state index in [0.717, 1.165) is 85.8 Å². The van der Waals surface area contributed by atoms with E-state index in [2.05, 4.69) is 20.5 Å². The Morgan fingerprint density at radius 3 is 2.75 bits per heavy atom. The van der Waals surface area contributed by atoms with Crippen molar-refractivity contribution in [1.29, 1.82) is 0 Å². The molecule has 2 saturated heterocycles. The molecule has 2 aromatic heterocycles. The summed E-state index contributed by atoms with van der Waals surface area (Å²) in [4.78, 5) is 23.4. The second kappa shape index (κ2) is 10.9. The van der Waals surface area contributed by atoms with Gasteiger partial charge in [0.2, 0.25) is 0 Å². The predicted octanol–water partition coefficient (Wildman–Crippen LogP) is 4.71. The number of piperidine rings is 1. The summed E-state index contributed by atoms with van der Waals surface area (Å²) in [5, 5.41) is 10.5. The minimum absolute atomic E-state index is 0.193. The van der Waals surface area contributed by atoms with Gasteiger partial charge < -0.3 is 23.9 Å². The quantitative estimate of drug-likeness (QED) is 0.424. The number of imidazole rings is 1. The highest BCUT2D eigenvalue weighted by Crippen LogP contribution is 2.44. The molecule has 11 heteroatoms. The van der Waals surface area contributed by atoms with E-state index in [1.807, 2.05) is 24.3 Å². The van der Waals surface area contributed by atoms with Gasteiger partial charge in [0.1, 0.15) is 22.7 Å². The minimum atomic E-state index is -0.771. The summed E-state index contributed by atoms with van der Waals surface area (Å²) in [6, 6.07) is 9.87. The number of carboxylic acids is 1. The molecule has 210 valence electrons. The molecule has 0 aliphatic carbocycles. The van der Waals surface area contributed by atoms with E-state index in [1.165, 1.54) is 17.3 Å². The lowest BCUT2D eigenvalue weighted by Crippen LogP contribution is -2.36. The Hall–Kier alpha value is -2.79. The van der Waals surface area contributed by atoms with Crippen molar-refractivity contribution in [3.05, 3.63) is 64.3 Å². The lowest BCUT2D eigenvalue weighted by atomic mass is 9.88. The number of benzene rings is 1. The minimum Gasteiger partial charge on any atom is -0.485 e. The van der Waals surface area contributed by atoms with Gasteiger partial charge in [-0.3, -0.25) is 14.7 Å². The fourth-order valence-electron chi connectivity index (χ4n) is 6.04. The van der Waals surface area contributed by atoms with Crippen molar-refractivity contribution in [2.45, 2.75) is 67.2 Å². The van der Waals surface area contributed by atoms with Gasteiger partial charge in [-0.05, 0) is 56.5 Å². The highest BCUT2D eigenvalue weighted by molar-refractivity contribution is 8.00. The Morgan fingerprint density at radius 1 is 1.18 bits per heavy atom. The summed E-state index contributed by atoms with van der Waals surface area (Å²) < 4.78 is 20.5. The number of pyridine rings is 1. The summed E-state index contributed by atoms with van der Waals surface area (Å²) in [5.41, 5.74) is 3.06. The Bertz CT molecular complexity index is 1400. The zero-order valence-electron chi connectivity index (χ0n) is 22.0. The number of hydrogen-bond acceptors (Lipinski definition) is 8. The number of fused-ring (bicyclic) bond motifs is 2. The number of carbonyl (C=O) groups is 1. The number of rotatable bonds is 7. The van der Waals surface area contributed by atoms with Crippen LogP contribution in [0.4, 0.5) is 0 Å². The smallest absolute Gasteiger partial charge is 0.317 e. The molecule has 1 aromatic carbocycles. The summed E-state index contributed by atoms with van der Waals surface area (Å²) in [5.74, 6) is 2.25. The van der Waals surface area contributed by atoms with Gasteiger partial charge in [0.25, 0.3) is 0 Å². The van der Waals surface area contributed by atoms with Crippen LogP contribution in [0.1, 0.15) is 54.1 Å². The topological polar surface area (TPSA) is 98.9 Å². The highest BCUT2D eigenvalue weighted by atomic mass is 35.5. The molecule has 7 rings (SSSR count). The van der Waals surface area contributed by atoms with Gasteiger partial charge >= 0.3 is 5.97 Å². The zero-order valence-corrected chi connectivity index (χ0v) is 23.6. The van der Waals surface area contributed by atoms with E-state index < -0.39 is 11.2 Å². The van der Waals surface area contributed by atoms with Crippen molar-refractivity contribution in [2.75, 3.05) is 26.3 Å². The molecular formula is C29H31ClN4O5S. The third kappa shape index (κ3) is 5.06. The molecule has 3 unspecified atom stereocenters. The number of ether oxygens (including phenoxy) is 3. The number of carboxylic acid groups (broad SMARTS) is 1. The van der Waals surface area contributed by atoms with Crippen molar-refractivity contribution in [1.82, 2.24) is 19.4 Å². The van der Waals surface area contributed by atoms with Crippen LogP contribution >= 0.6 is 23.4 Å². The van der Waals surface area contributed by atoms with Crippen LogP contribution in [0.5, 0.6) is 11.5 Å². The SMILES string of the molecule is O=C(O)C1Cc2c(nc(CN3CCC(c4cccc5c4OCC(c4ccc(Cl)cn4)O5)CC3)n2CC2CCO2)S1. The third-order valence-corrected chi connectivity index (χ3v) is 9.76. The monoisotopic (exact) mass is 582 g/mol. The average molecular weight is 583 g/mol. The van der Waals surface area contributed by atoms with Gasteiger partial charge in [-0.25, -0.2) is 4.98 Å². The number of likely N-dealkylation sites (tertiary alicyclic amines) is 1. The Morgan fingerprint density at radius 2 is 2.02 bits per heavy atom. The molecule has 3 aromatic rings. The average Bonchev–Trinajstić information content (AvgIpc) is 3.49. The molecule has 0 radical (unpaired) electrons. The Labute approximate surface area is 241 Å². The number of aliphatic carboxylic acids is 1. The first-order valence-corrected chi connectivity index (χ1v) is 15.1. The molecule has 2 fully saturated rings. The summed E-state index contributed by atoms with van der Waals surface area (Å²) in [6.07, 6.45) is 5.16. The number of halogens is 1. The van der Waals surface area contributed by atoms with E-state index in [9.17, 15) is 9.90 Å². The van der Waals surface area contributed by atoms with Gasteiger partial charge in [-0.15, -0.1) is 0 Å². The first-order valence-electron chi connectivity index (χ1n) is 13.9. The maximum atomic E-state index is 11.6. The molecule has 1 N–H and O–H groups in total. The van der Waals surface area contributed by atoms with E-state index in [1.54, 1.807) is 6.20 Å². The number of para-hydroxylation sites is 1. The summed E-state index contributed by atoms with van der Waals surface area (Å²) >= 11 is 7.37. The predicted molar refractivity (Wildman–Crippen MR) is 149 cm³/mol. The van der Waals surface area contributed by atoms with Crippen LogP contribution < -0.4 is 9.47 Å². The lowest BCUT2D eigenvalue weighted by Gasteiger charge is -2.35. The van der Waals surface area contributed by atoms with Crippen molar-refractivity contribution in [2.24, 2.45) is 0 Å². The molecule has 4 aliphatic rings. The summed E-state index contributed by atoms with van der Waals surface area (Å²) in [6.45, 7) is 4.63. The Balaban J connectivity index is 1.02. The molecule has 40 heavy (non-hydrogen) atoms. The second-order valence-electron chi connectivity index (χ2n) is 10.9.